The molecule has 0 atom stereocenters. The Labute approximate surface area is 222 Å². The van der Waals surface area contributed by atoms with Crippen LogP contribution in [0.15, 0.2) is 58.2 Å². The van der Waals surface area contributed by atoms with Gasteiger partial charge in [-0.3, -0.25) is 24.0 Å². The van der Waals surface area contributed by atoms with Gasteiger partial charge >= 0.3 is 0 Å². The van der Waals surface area contributed by atoms with E-state index in [-0.39, 0.29) is 36.3 Å². The molecule has 37 heavy (non-hydrogen) atoms. The molecule has 0 spiro atoms. The first-order chi connectivity index (χ1) is 17.8. The molecule has 2 amide bonds. The van der Waals surface area contributed by atoms with Crippen molar-refractivity contribution in [2.75, 3.05) is 18.7 Å². The van der Waals surface area contributed by atoms with Crippen molar-refractivity contribution in [3.63, 3.8) is 0 Å². The maximum atomic E-state index is 13.0. The molecule has 1 saturated heterocycles. The minimum Gasteiger partial charge on any atom is -0.454 e. The molecule has 11 heteroatoms. The second-order valence-electron chi connectivity index (χ2n) is 8.53. The molecule has 0 saturated carbocycles. The van der Waals surface area contributed by atoms with Crippen LogP contribution in [0.3, 0.4) is 0 Å². The van der Waals surface area contributed by atoms with Crippen molar-refractivity contribution in [3.8, 4) is 17.2 Å². The Kier molecular flexibility index (Phi) is 6.90. The van der Waals surface area contributed by atoms with Crippen molar-refractivity contribution in [1.82, 2.24) is 14.3 Å². The van der Waals surface area contributed by atoms with Crippen molar-refractivity contribution >= 4 is 51.9 Å². The molecule has 1 aromatic heterocycles. The minimum atomic E-state index is -0.301. The number of para-hydroxylation sites is 1. The largest absolute Gasteiger partial charge is 0.454 e. The highest BCUT2D eigenvalue weighted by Gasteiger charge is 2.32. The molecule has 0 unspecified atom stereocenters. The van der Waals surface area contributed by atoms with Crippen molar-refractivity contribution in [3.05, 3.63) is 75.0 Å². The Morgan fingerprint density at radius 1 is 1.14 bits per heavy atom. The zero-order valence-electron chi connectivity index (χ0n) is 20.2. The third kappa shape index (κ3) is 4.92. The fourth-order valence-corrected chi connectivity index (χ4v) is 5.47. The lowest BCUT2D eigenvalue weighted by Crippen LogP contribution is -2.30. The molecule has 2 aliphatic heterocycles. The van der Waals surface area contributed by atoms with E-state index in [9.17, 15) is 14.4 Å². The van der Waals surface area contributed by atoms with Crippen molar-refractivity contribution in [2.24, 2.45) is 7.05 Å². The summed E-state index contributed by atoms with van der Waals surface area (Å²) in [6.07, 6.45) is 2.30. The second-order valence-corrected chi connectivity index (χ2v) is 10.2. The molecule has 9 nitrogen and oxygen atoms in total. The number of aromatic nitrogens is 2. The van der Waals surface area contributed by atoms with Crippen LogP contribution in [-0.4, -0.2) is 43.7 Å². The van der Waals surface area contributed by atoms with Crippen LogP contribution in [0, 0.1) is 6.92 Å². The summed E-state index contributed by atoms with van der Waals surface area (Å²) >= 11 is 6.63. The number of nitrogens with zero attached hydrogens (tertiary/aromatic N) is 3. The number of ether oxygens (including phenoxy) is 2. The number of amides is 2. The van der Waals surface area contributed by atoms with Crippen LogP contribution in [0.2, 0.25) is 0 Å². The first-order valence-electron chi connectivity index (χ1n) is 11.6. The number of rotatable bonds is 7. The zero-order valence-corrected chi connectivity index (χ0v) is 21.9. The van der Waals surface area contributed by atoms with Gasteiger partial charge in [-0.1, -0.05) is 48.2 Å². The molecule has 2 aromatic carbocycles. The molecule has 5 rings (SSSR count). The summed E-state index contributed by atoms with van der Waals surface area (Å²) in [5.74, 6) is 0.817. The molecule has 190 valence electrons. The number of benzene rings is 2. The van der Waals surface area contributed by atoms with Gasteiger partial charge in [-0.15, -0.1) is 0 Å². The number of nitrogens with one attached hydrogen (secondary N) is 1. The monoisotopic (exact) mass is 536 g/mol. The van der Waals surface area contributed by atoms with Gasteiger partial charge in [0, 0.05) is 20.0 Å². The molecule has 0 bridgehead atoms. The van der Waals surface area contributed by atoms with E-state index in [1.807, 2.05) is 42.5 Å². The van der Waals surface area contributed by atoms with Gasteiger partial charge in [0.1, 0.15) is 10.0 Å². The molecule has 2 aliphatic rings. The van der Waals surface area contributed by atoms with E-state index in [2.05, 4.69) is 5.32 Å². The van der Waals surface area contributed by atoms with Gasteiger partial charge in [-0.2, -0.15) is 0 Å². The molecule has 0 aliphatic carbocycles. The van der Waals surface area contributed by atoms with E-state index < -0.39 is 0 Å². The van der Waals surface area contributed by atoms with Crippen molar-refractivity contribution in [2.45, 2.75) is 19.8 Å². The van der Waals surface area contributed by atoms with Gasteiger partial charge in [-0.25, -0.2) is 4.68 Å². The van der Waals surface area contributed by atoms with Crippen LogP contribution in [0.1, 0.15) is 24.1 Å². The molecule has 1 fully saturated rings. The lowest BCUT2D eigenvalue weighted by molar-refractivity contribution is -0.122. The first kappa shape index (κ1) is 24.8. The van der Waals surface area contributed by atoms with Crippen molar-refractivity contribution < 1.29 is 19.1 Å². The number of hydrogen-bond donors (Lipinski definition) is 1. The molecule has 0 radical (unpaired) electrons. The number of thioether (sulfide) groups is 1. The van der Waals surface area contributed by atoms with Crippen LogP contribution >= 0.6 is 24.0 Å². The zero-order chi connectivity index (χ0) is 26.1. The van der Waals surface area contributed by atoms with E-state index in [0.29, 0.717) is 45.1 Å². The number of fused-ring (bicyclic) bond motifs is 1. The minimum absolute atomic E-state index is 0.136. The van der Waals surface area contributed by atoms with E-state index in [1.54, 1.807) is 30.8 Å². The fraction of sp³-hybridized carbons (Fsp3) is 0.231. The van der Waals surface area contributed by atoms with E-state index in [4.69, 9.17) is 21.7 Å². The average Bonchev–Trinajstić information content (AvgIpc) is 3.52. The smallest absolute Gasteiger partial charge is 0.295 e. The predicted octanol–water partition coefficient (Wildman–Crippen LogP) is 3.83. The number of anilines is 1. The summed E-state index contributed by atoms with van der Waals surface area (Å²) in [5, 5.41) is 2.75. The van der Waals surface area contributed by atoms with Gasteiger partial charge in [0.25, 0.3) is 11.5 Å². The highest BCUT2D eigenvalue weighted by molar-refractivity contribution is 8.26. The normalized spacial score (nSPS) is 15.6. The molecule has 3 heterocycles. The Morgan fingerprint density at radius 3 is 2.68 bits per heavy atom. The van der Waals surface area contributed by atoms with Crippen LogP contribution < -0.4 is 20.3 Å². The van der Waals surface area contributed by atoms with Gasteiger partial charge in [-0.05, 0) is 49.2 Å². The SMILES string of the molecule is Cc1c(NC(=O)CCCN2C(=O)/C(=C/c3ccc4c(c3)OCO4)SC2=S)c(=O)n(-c2ccccc2)n1C. The standard InChI is InChI=1S/C26H24N4O5S2/c1-16-23(25(33)30(28(16)2)18-7-4-3-5-8-18)27-22(31)9-6-12-29-24(32)21(37-26(29)36)14-17-10-11-19-20(13-17)35-15-34-19/h3-5,7-8,10-11,13-14H,6,9,12,15H2,1-2H3,(H,27,31)/b21-14-. The van der Waals surface area contributed by atoms with E-state index in [0.717, 1.165) is 5.56 Å². The Balaban J connectivity index is 1.20. The summed E-state index contributed by atoms with van der Waals surface area (Å²) in [5.41, 5.74) is 2.11. The Bertz CT molecular complexity index is 1490. The summed E-state index contributed by atoms with van der Waals surface area (Å²) in [7, 11) is 1.77. The predicted molar refractivity (Wildman–Crippen MR) is 146 cm³/mol. The van der Waals surface area contributed by atoms with Gasteiger partial charge < -0.3 is 14.8 Å². The van der Waals surface area contributed by atoms with E-state index >= 15 is 0 Å². The number of thiocarbonyl (C=S) groups is 1. The summed E-state index contributed by atoms with van der Waals surface area (Å²) in [6.45, 7) is 2.27. The number of carbonyl (C=O) groups excluding carboxylic acids is 2. The second kappa shape index (κ2) is 10.3. The maximum Gasteiger partial charge on any atom is 0.295 e. The molecule has 1 N–H and O–H groups in total. The number of hydrogen-bond acceptors (Lipinski definition) is 7. The quantitative estimate of drug-likeness (QED) is 0.362. The third-order valence-electron chi connectivity index (χ3n) is 6.17. The maximum absolute atomic E-state index is 13.0. The summed E-state index contributed by atoms with van der Waals surface area (Å²) in [4.78, 5) is 40.6. The Morgan fingerprint density at radius 2 is 1.89 bits per heavy atom. The summed E-state index contributed by atoms with van der Waals surface area (Å²) < 4.78 is 14.4. The van der Waals surface area contributed by atoms with E-state index in [1.165, 1.54) is 21.3 Å². The van der Waals surface area contributed by atoms with Gasteiger partial charge in [0.2, 0.25) is 12.7 Å². The van der Waals surface area contributed by atoms with Crippen LogP contribution in [0.25, 0.3) is 11.8 Å². The first-order valence-corrected chi connectivity index (χ1v) is 12.8. The topological polar surface area (TPSA) is 94.8 Å². The molecule has 3 aromatic rings. The molecular formula is C26H24N4O5S2. The van der Waals surface area contributed by atoms with Crippen LogP contribution in [0.4, 0.5) is 5.69 Å². The van der Waals surface area contributed by atoms with Gasteiger partial charge in [0.15, 0.2) is 11.5 Å². The molecular weight excluding hydrogens is 512 g/mol. The lowest BCUT2D eigenvalue weighted by Gasteiger charge is -2.14. The number of carbonyl (C=O) groups is 2. The van der Waals surface area contributed by atoms with Crippen LogP contribution in [-0.2, 0) is 16.6 Å². The third-order valence-corrected chi connectivity index (χ3v) is 7.55. The average molecular weight is 537 g/mol. The van der Waals surface area contributed by atoms with Gasteiger partial charge in [0.05, 0.1) is 16.3 Å². The highest BCUT2D eigenvalue weighted by atomic mass is 32.2. The fourth-order valence-electron chi connectivity index (χ4n) is 4.16. The summed E-state index contributed by atoms with van der Waals surface area (Å²) in [6, 6.07) is 14.7. The van der Waals surface area contributed by atoms with Crippen molar-refractivity contribution in [1.29, 1.82) is 0 Å². The Hall–Kier alpha value is -3.83. The highest BCUT2D eigenvalue weighted by Crippen LogP contribution is 2.36. The van der Waals surface area contributed by atoms with Crippen LogP contribution in [0.5, 0.6) is 11.5 Å². The lowest BCUT2D eigenvalue weighted by atomic mass is 10.2.